The Morgan fingerprint density at radius 1 is 1.18 bits per heavy atom. The van der Waals surface area contributed by atoms with Crippen molar-refractivity contribution in [3.8, 4) is 0 Å². The summed E-state index contributed by atoms with van der Waals surface area (Å²) in [7, 11) is 0. The summed E-state index contributed by atoms with van der Waals surface area (Å²) >= 11 is 0. The molecule has 1 aliphatic rings. The number of hydrogen-bond acceptors (Lipinski definition) is 3. The maximum Gasteiger partial charge on any atom is 0.204 e. The zero-order chi connectivity index (χ0) is 7.52. The molecule has 11 heavy (non-hydrogen) atoms. The summed E-state index contributed by atoms with van der Waals surface area (Å²) < 4.78 is 15.0. The Labute approximate surface area is 63.5 Å². The van der Waals surface area contributed by atoms with Crippen LogP contribution in [-0.2, 0) is 9.47 Å². The van der Waals surface area contributed by atoms with Gasteiger partial charge in [0.05, 0.1) is 6.26 Å². The van der Waals surface area contributed by atoms with Gasteiger partial charge in [-0.3, -0.25) is 0 Å². The van der Waals surface area contributed by atoms with Crippen LogP contribution in [0.15, 0.2) is 41.6 Å². The molecule has 0 aliphatic carbocycles. The smallest absolute Gasteiger partial charge is 0.204 e. The lowest BCUT2D eigenvalue weighted by atomic mass is 10.4. The van der Waals surface area contributed by atoms with Crippen molar-refractivity contribution in [2.24, 2.45) is 0 Å². The van der Waals surface area contributed by atoms with Crippen molar-refractivity contribution < 1.29 is 13.9 Å². The number of rotatable bonds is 1. The van der Waals surface area contributed by atoms with E-state index in [1.54, 1.807) is 18.4 Å². The molecule has 0 fully saturated rings. The van der Waals surface area contributed by atoms with Crippen LogP contribution in [0.3, 0.4) is 0 Å². The molecule has 0 bridgehead atoms. The Balaban J connectivity index is 2.24. The van der Waals surface area contributed by atoms with Gasteiger partial charge in [0, 0.05) is 0 Å². The van der Waals surface area contributed by atoms with Crippen molar-refractivity contribution >= 4 is 5.76 Å². The SMILES string of the molecule is C1=COC(c2ccco2)=CO1. The van der Waals surface area contributed by atoms with Gasteiger partial charge in [-0.1, -0.05) is 0 Å². The van der Waals surface area contributed by atoms with Gasteiger partial charge in [-0.2, -0.15) is 0 Å². The molecule has 1 aromatic rings. The first-order valence-corrected chi connectivity index (χ1v) is 3.18. The fourth-order valence-corrected chi connectivity index (χ4v) is 0.797. The van der Waals surface area contributed by atoms with Crippen molar-refractivity contribution in [1.29, 1.82) is 0 Å². The third kappa shape index (κ3) is 1.12. The molecule has 2 rings (SSSR count). The van der Waals surface area contributed by atoms with Gasteiger partial charge in [-0.25, -0.2) is 0 Å². The highest BCUT2D eigenvalue weighted by Crippen LogP contribution is 2.18. The van der Waals surface area contributed by atoms with Crippen LogP contribution in [-0.4, -0.2) is 0 Å². The normalized spacial score (nSPS) is 15.1. The average molecular weight is 150 g/mol. The van der Waals surface area contributed by atoms with Gasteiger partial charge in [0.1, 0.15) is 18.8 Å². The molecular weight excluding hydrogens is 144 g/mol. The Hall–Kier alpha value is -1.64. The molecular formula is C8H6O3. The van der Waals surface area contributed by atoms with E-state index in [-0.39, 0.29) is 0 Å². The summed E-state index contributed by atoms with van der Waals surface area (Å²) in [4.78, 5) is 0. The van der Waals surface area contributed by atoms with Crippen molar-refractivity contribution in [3.05, 3.63) is 42.9 Å². The lowest BCUT2D eigenvalue weighted by Crippen LogP contribution is -1.89. The van der Waals surface area contributed by atoms with Gasteiger partial charge >= 0.3 is 0 Å². The summed E-state index contributed by atoms with van der Waals surface area (Å²) in [6.45, 7) is 0. The lowest BCUT2D eigenvalue weighted by molar-refractivity contribution is 0.303. The minimum absolute atomic E-state index is 0.581. The molecule has 2 heterocycles. The van der Waals surface area contributed by atoms with Gasteiger partial charge in [-0.05, 0) is 12.1 Å². The number of furan rings is 1. The molecule has 0 amide bonds. The van der Waals surface area contributed by atoms with Gasteiger partial charge in [0.25, 0.3) is 0 Å². The zero-order valence-electron chi connectivity index (χ0n) is 5.69. The first kappa shape index (κ1) is 6.09. The average Bonchev–Trinajstić information content (AvgIpc) is 2.58. The fraction of sp³-hybridized carbons (Fsp3) is 0. The van der Waals surface area contributed by atoms with Crippen LogP contribution in [0.25, 0.3) is 5.76 Å². The molecule has 3 nitrogen and oxygen atoms in total. The molecule has 0 spiro atoms. The van der Waals surface area contributed by atoms with Crippen LogP contribution < -0.4 is 0 Å². The van der Waals surface area contributed by atoms with Crippen LogP contribution in [0.4, 0.5) is 0 Å². The van der Waals surface area contributed by atoms with Crippen LogP contribution in [0.1, 0.15) is 5.76 Å². The van der Waals surface area contributed by atoms with Crippen LogP contribution in [0.5, 0.6) is 0 Å². The summed E-state index contributed by atoms with van der Waals surface area (Å²) in [6.07, 6.45) is 5.97. The van der Waals surface area contributed by atoms with E-state index in [9.17, 15) is 0 Å². The monoisotopic (exact) mass is 150 g/mol. The number of hydrogen-bond donors (Lipinski definition) is 0. The van der Waals surface area contributed by atoms with E-state index in [0.29, 0.717) is 11.5 Å². The molecule has 0 unspecified atom stereocenters. The Morgan fingerprint density at radius 3 is 2.82 bits per heavy atom. The van der Waals surface area contributed by atoms with E-state index in [4.69, 9.17) is 13.9 Å². The molecule has 3 heteroatoms. The van der Waals surface area contributed by atoms with Gasteiger partial charge in [0.15, 0.2) is 5.76 Å². The highest BCUT2D eigenvalue weighted by Gasteiger charge is 2.06. The standard InChI is InChI=1S/C8H6O3/c1-2-7(10-3-1)8-6-9-4-5-11-8/h1-6H. The van der Waals surface area contributed by atoms with Crippen molar-refractivity contribution in [3.63, 3.8) is 0 Å². The Kier molecular flexibility index (Phi) is 1.41. The van der Waals surface area contributed by atoms with Gasteiger partial charge in [0.2, 0.25) is 5.76 Å². The van der Waals surface area contributed by atoms with E-state index in [1.807, 2.05) is 0 Å². The van der Waals surface area contributed by atoms with Gasteiger partial charge in [-0.15, -0.1) is 0 Å². The van der Waals surface area contributed by atoms with Crippen LogP contribution >= 0.6 is 0 Å². The summed E-state index contributed by atoms with van der Waals surface area (Å²) in [6, 6.07) is 3.59. The van der Waals surface area contributed by atoms with Crippen LogP contribution in [0.2, 0.25) is 0 Å². The molecule has 0 radical (unpaired) electrons. The minimum Gasteiger partial charge on any atom is -0.465 e. The molecule has 1 aromatic heterocycles. The molecule has 1 aliphatic heterocycles. The van der Waals surface area contributed by atoms with Crippen molar-refractivity contribution in [2.75, 3.05) is 0 Å². The largest absolute Gasteiger partial charge is 0.465 e. The maximum absolute atomic E-state index is 5.08. The molecule has 56 valence electrons. The van der Waals surface area contributed by atoms with E-state index in [2.05, 4.69) is 0 Å². The second-order valence-corrected chi connectivity index (χ2v) is 1.99. The molecule has 0 atom stereocenters. The van der Waals surface area contributed by atoms with Gasteiger partial charge < -0.3 is 13.9 Å². The summed E-state index contributed by atoms with van der Waals surface area (Å²) in [5, 5.41) is 0. The Morgan fingerprint density at radius 2 is 2.18 bits per heavy atom. The minimum atomic E-state index is 0.581. The zero-order valence-corrected chi connectivity index (χ0v) is 5.69. The molecule has 0 aromatic carbocycles. The Bertz CT molecular complexity index is 282. The third-order valence-electron chi connectivity index (χ3n) is 1.27. The molecule has 0 saturated carbocycles. The van der Waals surface area contributed by atoms with E-state index < -0.39 is 0 Å². The highest BCUT2D eigenvalue weighted by atomic mass is 16.5. The topological polar surface area (TPSA) is 31.6 Å². The van der Waals surface area contributed by atoms with E-state index in [1.165, 1.54) is 18.8 Å². The molecule has 0 saturated heterocycles. The summed E-state index contributed by atoms with van der Waals surface area (Å²) in [5.41, 5.74) is 0. The maximum atomic E-state index is 5.08. The lowest BCUT2D eigenvalue weighted by Gasteiger charge is -2.05. The van der Waals surface area contributed by atoms with Crippen LogP contribution in [0, 0.1) is 0 Å². The quantitative estimate of drug-likeness (QED) is 0.614. The number of ether oxygens (including phenoxy) is 2. The summed E-state index contributed by atoms with van der Waals surface area (Å²) in [5.74, 6) is 1.24. The van der Waals surface area contributed by atoms with E-state index in [0.717, 1.165) is 0 Å². The third-order valence-corrected chi connectivity index (χ3v) is 1.27. The first-order valence-electron chi connectivity index (χ1n) is 3.18. The van der Waals surface area contributed by atoms with Crippen molar-refractivity contribution in [1.82, 2.24) is 0 Å². The first-order chi connectivity index (χ1) is 5.47. The highest BCUT2D eigenvalue weighted by molar-refractivity contribution is 5.54. The fourth-order valence-electron chi connectivity index (χ4n) is 0.797. The van der Waals surface area contributed by atoms with E-state index >= 15 is 0 Å². The second kappa shape index (κ2) is 2.54. The predicted octanol–water partition coefficient (Wildman–Crippen LogP) is 2.10. The second-order valence-electron chi connectivity index (χ2n) is 1.99. The predicted molar refractivity (Wildman–Crippen MR) is 38.0 cm³/mol. The van der Waals surface area contributed by atoms with Crippen molar-refractivity contribution in [2.45, 2.75) is 0 Å². The molecule has 0 N–H and O–H groups in total.